The summed E-state index contributed by atoms with van der Waals surface area (Å²) < 4.78 is 5.49. The van der Waals surface area contributed by atoms with Gasteiger partial charge >= 0.3 is 0 Å². The maximum atomic E-state index is 11.6. The van der Waals surface area contributed by atoms with Gasteiger partial charge in [-0.1, -0.05) is 17.7 Å². The summed E-state index contributed by atoms with van der Waals surface area (Å²) in [7, 11) is 0. The van der Waals surface area contributed by atoms with Crippen LogP contribution in [-0.4, -0.2) is 31.6 Å². The summed E-state index contributed by atoms with van der Waals surface area (Å²) in [4.78, 5) is 11.6. The Morgan fingerprint density at radius 1 is 1.50 bits per heavy atom. The lowest BCUT2D eigenvalue weighted by molar-refractivity contribution is -0.121. The molecule has 0 spiro atoms. The molecule has 1 aromatic rings. The molecule has 0 radical (unpaired) electrons. The lowest BCUT2D eigenvalue weighted by atomic mass is 10.1. The van der Waals surface area contributed by atoms with Gasteiger partial charge in [0.25, 0.3) is 0 Å². The molecule has 4 nitrogen and oxygen atoms in total. The van der Waals surface area contributed by atoms with E-state index in [0.29, 0.717) is 30.6 Å². The van der Waals surface area contributed by atoms with E-state index in [2.05, 4.69) is 10.6 Å². The van der Waals surface area contributed by atoms with Crippen LogP contribution in [0, 0.1) is 0 Å². The molecule has 1 aliphatic rings. The molecule has 1 fully saturated rings. The van der Waals surface area contributed by atoms with Gasteiger partial charge in [-0.3, -0.25) is 4.79 Å². The molecule has 20 heavy (non-hydrogen) atoms. The number of halogens is 2. The Morgan fingerprint density at radius 2 is 2.35 bits per heavy atom. The van der Waals surface area contributed by atoms with Gasteiger partial charge in [0, 0.05) is 17.5 Å². The summed E-state index contributed by atoms with van der Waals surface area (Å²) in [5, 5.41) is 6.81. The molecule has 0 aromatic heterocycles. The Morgan fingerprint density at radius 3 is 3.05 bits per heavy atom. The summed E-state index contributed by atoms with van der Waals surface area (Å²) in [6.45, 7) is 1.98. The zero-order chi connectivity index (χ0) is 13.5. The van der Waals surface area contributed by atoms with E-state index in [1.807, 2.05) is 12.1 Å². The second kappa shape index (κ2) is 9.06. The normalized spacial score (nSPS) is 17.4. The van der Waals surface area contributed by atoms with Crippen LogP contribution in [0.2, 0.25) is 5.02 Å². The summed E-state index contributed by atoms with van der Waals surface area (Å²) in [6.07, 6.45) is 2.80. The predicted octanol–water partition coefficient (Wildman–Crippen LogP) is 2.40. The molecule has 2 N–H and O–H groups in total. The molecule has 1 amide bonds. The van der Waals surface area contributed by atoms with E-state index in [1.165, 1.54) is 0 Å². The zero-order valence-electron chi connectivity index (χ0n) is 11.2. The van der Waals surface area contributed by atoms with Crippen molar-refractivity contribution in [2.45, 2.75) is 25.3 Å². The highest BCUT2D eigenvalue weighted by Gasteiger charge is 2.17. The van der Waals surface area contributed by atoms with Crippen molar-refractivity contribution in [3.8, 4) is 5.75 Å². The molecule has 1 aliphatic heterocycles. The highest BCUT2D eigenvalue weighted by molar-refractivity contribution is 6.30. The molecule has 1 heterocycles. The van der Waals surface area contributed by atoms with Gasteiger partial charge < -0.3 is 15.4 Å². The van der Waals surface area contributed by atoms with Crippen molar-refractivity contribution in [1.82, 2.24) is 10.6 Å². The number of amides is 1. The first-order chi connectivity index (χ1) is 9.24. The minimum Gasteiger partial charge on any atom is -0.492 e. The highest BCUT2D eigenvalue weighted by atomic mass is 35.5. The maximum absolute atomic E-state index is 11.6. The first kappa shape index (κ1) is 17.1. The van der Waals surface area contributed by atoms with E-state index in [-0.39, 0.29) is 18.3 Å². The standard InChI is InChI=1S/C14H19ClN2O2.ClH/c15-11-3-1-5-13(9-11)19-8-7-17-14(18)10-12-4-2-6-16-12;/h1,3,5,9,12,16H,2,4,6-8,10H2,(H,17,18);1H. The number of hydrogen-bond acceptors (Lipinski definition) is 3. The fourth-order valence-electron chi connectivity index (χ4n) is 2.14. The summed E-state index contributed by atoms with van der Waals surface area (Å²) in [6, 6.07) is 7.57. The van der Waals surface area contributed by atoms with Crippen LogP contribution in [0.25, 0.3) is 0 Å². The van der Waals surface area contributed by atoms with Crippen LogP contribution in [0.3, 0.4) is 0 Å². The van der Waals surface area contributed by atoms with E-state index in [0.717, 1.165) is 25.1 Å². The Labute approximate surface area is 130 Å². The van der Waals surface area contributed by atoms with Crippen molar-refractivity contribution >= 4 is 29.9 Å². The SMILES string of the molecule is Cl.O=C(CC1CCCN1)NCCOc1cccc(Cl)c1. The van der Waals surface area contributed by atoms with Gasteiger partial charge in [0.2, 0.25) is 5.91 Å². The van der Waals surface area contributed by atoms with Crippen molar-refractivity contribution < 1.29 is 9.53 Å². The van der Waals surface area contributed by atoms with Gasteiger partial charge in [-0.2, -0.15) is 0 Å². The van der Waals surface area contributed by atoms with Crippen LogP contribution >= 0.6 is 24.0 Å². The molecular weight excluding hydrogens is 299 g/mol. The molecule has 1 unspecified atom stereocenters. The molecule has 2 rings (SSSR count). The molecule has 1 saturated heterocycles. The van der Waals surface area contributed by atoms with E-state index >= 15 is 0 Å². The maximum Gasteiger partial charge on any atom is 0.221 e. The summed E-state index contributed by atoms with van der Waals surface area (Å²) in [5.74, 6) is 0.799. The molecule has 0 saturated carbocycles. The third-order valence-corrected chi connectivity index (χ3v) is 3.32. The monoisotopic (exact) mass is 318 g/mol. The first-order valence-electron chi connectivity index (χ1n) is 6.62. The third kappa shape index (κ3) is 5.99. The molecular formula is C14H20Cl2N2O2. The Hall–Kier alpha value is -0.970. The van der Waals surface area contributed by atoms with Crippen molar-refractivity contribution in [2.24, 2.45) is 0 Å². The quantitative estimate of drug-likeness (QED) is 0.792. The highest BCUT2D eigenvalue weighted by Crippen LogP contribution is 2.16. The van der Waals surface area contributed by atoms with E-state index in [1.54, 1.807) is 12.1 Å². The Kier molecular flexibility index (Phi) is 7.73. The number of hydrogen-bond donors (Lipinski definition) is 2. The van der Waals surface area contributed by atoms with Crippen molar-refractivity contribution in [3.05, 3.63) is 29.3 Å². The van der Waals surface area contributed by atoms with Gasteiger partial charge in [0.15, 0.2) is 0 Å². The summed E-state index contributed by atoms with van der Waals surface area (Å²) >= 11 is 5.85. The van der Waals surface area contributed by atoms with Crippen LogP contribution in [0.1, 0.15) is 19.3 Å². The molecule has 0 aliphatic carbocycles. The molecule has 1 aromatic carbocycles. The van der Waals surface area contributed by atoms with Crippen LogP contribution in [0.15, 0.2) is 24.3 Å². The van der Waals surface area contributed by atoms with E-state index in [4.69, 9.17) is 16.3 Å². The topological polar surface area (TPSA) is 50.4 Å². The van der Waals surface area contributed by atoms with Gasteiger partial charge in [-0.25, -0.2) is 0 Å². The minimum atomic E-state index is 0. The number of rotatable bonds is 6. The van der Waals surface area contributed by atoms with Crippen molar-refractivity contribution in [2.75, 3.05) is 19.7 Å². The fraction of sp³-hybridized carbons (Fsp3) is 0.500. The third-order valence-electron chi connectivity index (χ3n) is 3.08. The van der Waals surface area contributed by atoms with Gasteiger partial charge in [0.1, 0.15) is 12.4 Å². The minimum absolute atomic E-state index is 0. The number of nitrogens with one attached hydrogen (secondary N) is 2. The van der Waals surface area contributed by atoms with Crippen molar-refractivity contribution in [3.63, 3.8) is 0 Å². The number of carbonyl (C=O) groups is 1. The van der Waals surface area contributed by atoms with Crippen molar-refractivity contribution in [1.29, 1.82) is 0 Å². The Bertz CT molecular complexity index is 423. The van der Waals surface area contributed by atoms with Gasteiger partial charge in [-0.05, 0) is 37.6 Å². The van der Waals surface area contributed by atoms with Crippen LogP contribution in [0.4, 0.5) is 0 Å². The van der Waals surface area contributed by atoms with Crippen LogP contribution in [0.5, 0.6) is 5.75 Å². The average Bonchev–Trinajstić information content (AvgIpc) is 2.87. The average molecular weight is 319 g/mol. The molecule has 1 atom stereocenters. The Balaban J connectivity index is 0.00000200. The zero-order valence-corrected chi connectivity index (χ0v) is 12.8. The van der Waals surface area contributed by atoms with E-state index in [9.17, 15) is 4.79 Å². The van der Waals surface area contributed by atoms with E-state index < -0.39 is 0 Å². The van der Waals surface area contributed by atoms with Crippen LogP contribution < -0.4 is 15.4 Å². The van der Waals surface area contributed by atoms with Gasteiger partial charge in [0.05, 0.1) is 6.54 Å². The smallest absolute Gasteiger partial charge is 0.221 e. The van der Waals surface area contributed by atoms with Crippen LogP contribution in [-0.2, 0) is 4.79 Å². The van der Waals surface area contributed by atoms with Gasteiger partial charge in [-0.15, -0.1) is 12.4 Å². The number of ether oxygens (including phenoxy) is 1. The lowest BCUT2D eigenvalue weighted by Gasteiger charge is -2.11. The predicted molar refractivity (Wildman–Crippen MR) is 82.8 cm³/mol. The summed E-state index contributed by atoms with van der Waals surface area (Å²) in [5.41, 5.74) is 0. The first-order valence-corrected chi connectivity index (χ1v) is 7.00. The number of carbonyl (C=O) groups excluding carboxylic acids is 1. The second-order valence-electron chi connectivity index (χ2n) is 4.65. The number of benzene rings is 1. The second-order valence-corrected chi connectivity index (χ2v) is 5.09. The largest absolute Gasteiger partial charge is 0.492 e. The molecule has 6 heteroatoms. The lowest BCUT2D eigenvalue weighted by Crippen LogP contribution is -2.33. The molecule has 0 bridgehead atoms. The fourth-order valence-corrected chi connectivity index (χ4v) is 2.32. The molecule has 112 valence electrons.